The van der Waals surface area contributed by atoms with Crippen molar-refractivity contribution in [3.8, 4) is 0 Å². The molecule has 3 nitrogen and oxygen atoms in total. The van der Waals surface area contributed by atoms with E-state index in [2.05, 4.69) is 57.3 Å². The number of likely N-dealkylation sites (N-methyl/N-ethyl adjacent to an activating group) is 1. The normalized spacial score (nSPS) is 12.8. The van der Waals surface area contributed by atoms with E-state index in [0.29, 0.717) is 25.7 Å². The van der Waals surface area contributed by atoms with Crippen molar-refractivity contribution in [2.24, 2.45) is 5.92 Å². The first kappa shape index (κ1) is 18.1. The van der Waals surface area contributed by atoms with Crippen molar-refractivity contribution >= 4 is 0 Å². The molecule has 1 aromatic rings. The van der Waals surface area contributed by atoms with Crippen LogP contribution in [0.25, 0.3) is 0 Å². The van der Waals surface area contributed by atoms with Gasteiger partial charge in [-0.2, -0.15) is 0 Å². The van der Waals surface area contributed by atoms with E-state index in [1.165, 1.54) is 11.1 Å². The van der Waals surface area contributed by atoms with Crippen LogP contribution in [0.3, 0.4) is 0 Å². The summed E-state index contributed by atoms with van der Waals surface area (Å²) in [6.45, 7) is 12.4. The maximum Gasteiger partial charge on any atom is 0.0701 e. The third kappa shape index (κ3) is 7.60. The lowest BCUT2D eigenvalue weighted by Gasteiger charge is -2.19. The third-order valence-corrected chi connectivity index (χ3v) is 3.35. The van der Waals surface area contributed by atoms with Gasteiger partial charge in [-0.25, -0.2) is 0 Å². The molecule has 1 aromatic carbocycles. The van der Waals surface area contributed by atoms with E-state index in [1.54, 1.807) is 0 Å². The van der Waals surface area contributed by atoms with Crippen LogP contribution < -0.4 is 5.32 Å². The van der Waals surface area contributed by atoms with Gasteiger partial charge in [-0.05, 0) is 30.0 Å². The molecule has 1 N–H and O–H groups in total. The molecule has 21 heavy (non-hydrogen) atoms. The largest absolute Gasteiger partial charge is 0.379 e. The Hall–Kier alpha value is -0.900. The summed E-state index contributed by atoms with van der Waals surface area (Å²) in [5.74, 6) is 0.580. The SMILES string of the molecule is CCNC(COCCOCC(C)C)c1ccc(CC)cc1. The van der Waals surface area contributed by atoms with Crippen molar-refractivity contribution in [2.75, 3.05) is 33.0 Å². The second-order valence-corrected chi connectivity index (χ2v) is 5.75. The first-order valence-electron chi connectivity index (χ1n) is 8.15. The molecule has 1 atom stereocenters. The lowest BCUT2D eigenvalue weighted by atomic mass is 10.0. The molecule has 0 amide bonds. The predicted octanol–water partition coefficient (Wildman–Crippen LogP) is 3.59. The van der Waals surface area contributed by atoms with E-state index in [4.69, 9.17) is 9.47 Å². The van der Waals surface area contributed by atoms with Gasteiger partial charge in [0, 0.05) is 6.61 Å². The van der Waals surface area contributed by atoms with Gasteiger partial charge in [-0.3, -0.25) is 0 Å². The first-order chi connectivity index (χ1) is 10.2. The van der Waals surface area contributed by atoms with Crippen LogP contribution in [0, 0.1) is 5.92 Å². The Morgan fingerprint density at radius 2 is 1.57 bits per heavy atom. The zero-order chi connectivity index (χ0) is 15.5. The average molecular weight is 293 g/mol. The molecule has 0 bridgehead atoms. The number of hydrogen-bond acceptors (Lipinski definition) is 3. The summed E-state index contributed by atoms with van der Waals surface area (Å²) in [6, 6.07) is 9.05. The fourth-order valence-electron chi connectivity index (χ4n) is 2.14. The van der Waals surface area contributed by atoms with Gasteiger partial charge in [0.1, 0.15) is 0 Å². The molecule has 0 saturated carbocycles. The van der Waals surface area contributed by atoms with E-state index in [0.717, 1.165) is 19.6 Å². The van der Waals surface area contributed by atoms with Crippen LogP contribution in [-0.4, -0.2) is 33.0 Å². The highest BCUT2D eigenvalue weighted by atomic mass is 16.5. The minimum atomic E-state index is 0.256. The van der Waals surface area contributed by atoms with E-state index in [9.17, 15) is 0 Å². The van der Waals surface area contributed by atoms with Crippen molar-refractivity contribution in [3.63, 3.8) is 0 Å². The number of aryl methyl sites for hydroxylation is 1. The van der Waals surface area contributed by atoms with Gasteiger partial charge in [-0.15, -0.1) is 0 Å². The summed E-state index contributed by atoms with van der Waals surface area (Å²) >= 11 is 0. The molecule has 1 unspecified atom stereocenters. The number of hydrogen-bond donors (Lipinski definition) is 1. The summed E-state index contributed by atoms with van der Waals surface area (Å²) in [4.78, 5) is 0. The standard InChI is InChI=1S/C18H31NO2/c1-5-16-7-9-17(10-8-16)18(19-6-2)14-21-12-11-20-13-15(3)4/h7-10,15,18-19H,5-6,11-14H2,1-4H3. The highest BCUT2D eigenvalue weighted by Gasteiger charge is 2.10. The molecule has 0 fully saturated rings. The Bertz CT molecular complexity index is 362. The summed E-state index contributed by atoms with van der Waals surface area (Å²) in [6.07, 6.45) is 1.08. The van der Waals surface area contributed by atoms with Crippen molar-refractivity contribution < 1.29 is 9.47 Å². The lowest BCUT2D eigenvalue weighted by molar-refractivity contribution is 0.0304. The van der Waals surface area contributed by atoms with Crippen molar-refractivity contribution in [3.05, 3.63) is 35.4 Å². The van der Waals surface area contributed by atoms with Crippen LogP contribution in [0.1, 0.15) is 44.9 Å². The minimum Gasteiger partial charge on any atom is -0.379 e. The van der Waals surface area contributed by atoms with Crippen LogP contribution in [0.2, 0.25) is 0 Å². The molecule has 0 aliphatic rings. The van der Waals surface area contributed by atoms with Crippen LogP contribution in [-0.2, 0) is 15.9 Å². The van der Waals surface area contributed by atoms with Gasteiger partial charge in [0.25, 0.3) is 0 Å². The van der Waals surface area contributed by atoms with Crippen LogP contribution in [0.15, 0.2) is 24.3 Å². The highest BCUT2D eigenvalue weighted by molar-refractivity contribution is 5.25. The molecule has 0 saturated heterocycles. The van der Waals surface area contributed by atoms with E-state index >= 15 is 0 Å². The molecule has 0 spiro atoms. The summed E-state index contributed by atoms with van der Waals surface area (Å²) in [7, 11) is 0. The Morgan fingerprint density at radius 1 is 0.952 bits per heavy atom. The Balaban J connectivity index is 2.35. The summed E-state index contributed by atoms with van der Waals surface area (Å²) in [5.41, 5.74) is 2.66. The van der Waals surface area contributed by atoms with Crippen LogP contribution in [0.5, 0.6) is 0 Å². The molecular weight excluding hydrogens is 262 g/mol. The Morgan fingerprint density at radius 3 is 2.10 bits per heavy atom. The maximum atomic E-state index is 5.75. The van der Waals surface area contributed by atoms with Crippen molar-refractivity contribution in [1.29, 1.82) is 0 Å². The zero-order valence-corrected chi connectivity index (χ0v) is 14.0. The minimum absolute atomic E-state index is 0.256. The number of rotatable bonds is 11. The molecule has 120 valence electrons. The highest BCUT2D eigenvalue weighted by Crippen LogP contribution is 2.15. The number of nitrogens with one attached hydrogen (secondary N) is 1. The molecule has 0 radical (unpaired) electrons. The first-order valence-corrected chi connectivity index (χ1v) is 8.15. The molecule has 0 aliphatic heterocycles. The van der Waals surface area contributed by atoms with E-state index in [1.807, 2.05) is 0 Å². The molecule has 0 heterocycles. The zero-order valence-electron chi connectivity index (χ0n) is 14.0. The van der Waals surface area contributed by atoms with Crippen LogP contribution >= 0.6 is 0 Å². The van der Waals surface area contributed by atoms with E-state index in [-0.39, 0.29) is 6.04 Å². The molecular formula is C18H31NO2. The molecule has 1 rings (SSSR count). The lowest BCUT2D eigenvalue weighted by Crippen LogP contribution is -2.26. The third-order valence-electron chi connectivity index (χ3n) is 3.35. The van der Waals surface area contributed by atoms with Crippen molar-refractivity contribution in [1.82, 2.24) is 5.32 Å². The maximum absolute atomic E-state index is 5.75. The summed E-state index contributed by atoms with van der Waals surface area (Å²) in [5, 5.41) is 3.48. The number of benzene rings is 1. The van der Waals surface area contributed by atoms with Gasteiger partial charge >= 0.3 is 0 Å². The Labute approximate surface area is 130 Å². The van der Waals surface area contributed by atoms with Crippen molar-refractivity contribution in [2.45, 2.75) is 40.2 Å². The fourth-order valence-corrected chi connectivity index (χ4v) is 2.14. The topological polar surface area (TPSA) is 30.5 Å². The van der Waals surface area contributed by atoms with Crippen LogP contribution in [0.4, 0.5) is 0 Å². The number of ether oxygens (including phenoxy) is 2. The average Bonchev–Trinajstić information content (AvgIpc) is 2.49. The smallest absolute Gasteiger partial charge is 0.0701 e. The molecule has 0 aromatic heterocycles. The molecule has 0 aliphatic carbocycles. The van der Waals surface area contributed by atoms with Gasteiger partial charge in [0.2, 0.25) is 0 Å². The van der Waals surface area contributed by atoms with Gasteiger partial charge < -0.3 is 14.8 Å². The monoisotopic (exact) mass is 293 g/mol. The predicted molar refractivity (Wildman–Crippen MR) is 88.7 cm³/mol. The Kier molecular flexibility index (Phi) is 9.31. The van der Waals surface area contributed by atoms with E-state index < -0.39 is 0 Å². The summed E-state index contributed by atoms with van der Waals surface area (Å²) < 4.78 is 11.3. The quantitative estimate of drug-likeness (QED) is 0.633. The molecule has 3 heteroatoms. The fraction of sp³-hybridized carbons (Fsp3) is 0.667. The van der Waals surface area contributed by atoms with Gasteiger partial charge in [0.15, 0.2) is 0 Å². The second-order valence-electron chi connectivity index (χ2n) is 5.75. The van der Waals surface area contributed by atoms with Gasteiger partial charge in [0.05, 0.1) is 25.9 Å². The second kappa shape index (κ2) is 10.8. The van der Waals surface area contributed by atoms with Gasteiger partial charge in [-0.1, -0.05) is 52.0 Å².